The Morgan fingerprint density at radius 2 is 1.55 bits per heavy atom. The van der Waals surface area contributed by atoms with E-state index in [9.17, 15) is 32.7 Å². The highest BCUT2D eigenvalue weighted by molar-refractivity contribution is 6.04. The molecule has 1 saturated carbocycles. The van der Waals surface area contributed by atoms with Gasteiger partial charge in [-0.15, -0.1) is 0 Å². The number of aromatic nitrogens is 1. The predicted octanol–water partition coefficient (Wildman–Crippen LogP) is 5.54. The van der Waals surface area contributed by atoms with Crippen molar-refractivity contribution in [2.75, 3.05) is 36.4 Å². The van der Waals surface area contributed by atoms with E-state index in [4.69, 9.17) is 4.42 Å². The van der Waals surface area contributed by atoms with Gasteiger partial charge >= 0.3 is 12.1 Å². The second-order valence-corrected chi connectivity index (χ2v) is 10.6. The Labute approximate surface area is 240 Å². The number of oxazole rings is 1. The Kier molecular flexibility index (Phi) is 8.51. The fraction of sp³-hybridized carbons (Fsp3) is 0.400. The largest absolute Gasteiger partial charge is 0.481 e. The minimum absolute atomic E-state index is 0.0836. The van der Waals surface area contributed by atoms with E-state index in [0.717, 1.165) is 12.1 Å². The molecule has 1 aromatic heterocycles. The van der Waals surface area contributed by atoms with Gasteiger partial charge in [-0.1, -0.05) is 18.2 Å². The van der Waals surface area contributed by atoms with Crippen LogP contribution < -0.4 is 10.2 Å². The Morgan fingerprint density at radius 3 is 2.19 bits per heavy atom. The van der Waals surface area contributed by atoms with Crippen molar-refractivity contribution in [3.63, 3.8) is 0 Å². The number of carboxylic acid groups (broad SMARTS) is 1. The molecule has 0 bridgehead atoms. The van der Waals surface area contributed by atoms with Crippen LogP contribution in [0.2, 0.25) is 0 Å². The third-order valence-corrected chi connectivity index (χ3v) is 7.84. The van der Waals surface area contributed by atoms with Crippen molar-refractivity contribution < 1.29 is 37.1 Å². The first-order valence-corrected chi connectivity index (χ1v) is 13.9. The van der Waals surface area contributed by atoms with Crippen molar-refractivity contribution in [3.05, 3.63) is 66.1 Å². The van der Waals surface area contributed by atoms with E-state index in [0.29, 0.717) is 63.1 Å². The second kappa shape index (κ2) is 12.3. The van der Waals surface area contributed by atoms with E-state index in [2.05, 4.69) is 15.2 Å². The first-order valence-electron chi connectivity index (χ1n) is 13.9. The number of carboxylic acids is 1. The summed E-state index contributed by atoms with van der Waals surface area (Å²) in [4.78, 5) is 45.0. The monoisotopic (exact) mass is 584 g/mol. The number of alkyl halides is 3. The van der Waals surface area contributed by atoms with Gasteiger partial charge < -0.3 is 24.6 Å². The van der Waals surface area contributed by atoms with Crippen LogP contribution in [0.1, 0.15) is 48.4 Å². The van der Waals surface area contributed by atoms with Gasteiger partial charge in [0.25, 0.3) is 5.91 Å². The van der Waals surface area contributed by atoms with Crippen molar-refractivity contribution in [1.82, 2.24) is 9.88 Å². The molecule has 0 radical (unpaired) electrons. The first-order chi connectivity index (χ1) is 20.1. The van der Waals surface area contributed by atoms with Crippen LogP contribution >= 0.6 is 0 Å². The first kappa shape index (κ1) is 29.2. The minimum Gasteiger partial charge on any atom is -0.481 e. The molecule has 2 aromatic carbocycles. The molecule has 0 spiro atoms. The summed E-state index contributed by atoms with van der Waals surface area (Å²) in [6, 6.07) is 14.8. The highest BCUT2D eigenvalue weighted by Gasteiger charge is 2.42. The number of hydrogen-bond donors (Lipinski definition) is 2. The molecule has 1 aliphatic carbocycles. The van der Waals surface area contributed by atoms with Gasteiger partial charge in [0.2, 0.25) is 17.6 Å². The molecule has 5 rings (SSSR count). The van der Waals surface area contributed by atoms with Gasteiger partial charge in [-0.25, -0.2) is 4.98 Å². The molecule has 2 heterocycles. The van der Waals surface area contributed by atoms with Crippen molar-refractivity contribution in [1.29, 1.82) is 0 Å². The van der Waals surface area contributed by atoms with Crippen molar-refractivity contribution in [2.45, 2.75) is 38.3 Å². The number of aliphatic carboxylic acids is 1. The molecule has 0 atom stereocenters. The van der Waals surface area contributed by atoms with E-state index < -0.39 is 29.5 Å². The lowest BCUT2D eigenvalue weighted by Crippen LogP contribution is -2.40. The lowest BCUT2D eigenvalue weighted by molar-refractivity contribution is -0.153. The molecular weight excluding hydrogens is 553 g/mol. The fourth-order valence-corrected chi connectivity index (χ4v) is 5.56. The van der Waals surface area contributed by atoms with Crippen LogP contribution in [0.25, 0.3) is 11.5 Å². The molecule has 12 heteroatoms. The average molecular weight is 585 g/mol. The summed E-state index contributed by atoms with van der Waals surface area (Å²) in [5, 5.41) is 11.7. The maximum absolute atomic E-state index is 13.6. The van der Waals surface area contributed by atoms with E-state index in [1.807, 2.05) is 4.90 Å². The predicted molar refractivity (Wildman–Crippen MR) is 148 cm³/mol. The number of hydrogen-bond acceptors (Lipinski definition) is 6. The number of benzene rings is 2. The topological polar surface area (TPSA) is 116 Å². The van der Waals surface area contributed by atoms with Crippen LogP contribution in [0, 0.1) is 11.8 Å². The van der Waals surface area contributed by atoms with Crippen LogP contribution in [-0.2, 0) is 15.8 Å². The number of nitrogens with zero attached hydrogens (tertiary/aromatic N) is 3. The number of carbonyl (C=O) groups is 3. The quantitative estimate of drug-likeness (QED) is 0.391. The zero-order valence-corrected chi connectivity index (χ0v) is 22.8. The molecule has 42 heavy (non-hydrogen) atoms. The molecule has 222 valence electrons. The van der Waals surface area contributed by atoms with Crippen LogP contribution in [0.5, 0.6) is 0 Å². The Balaban J connectivity index is 1.20. The maximum Gasteiger partial charge on any atom is 0.452 e. The molecule has 0 unspecified atom stereocenters. The highest BCUT2D eigenvalue weighted by Crippen LogP contribution is 2.36. The Bertz CT molecular complexity index is 1420. The lowest BCUT2D eigenvalue weighted by Gasteiger charge is -2.30. The highest BCUT2D eigenvalue weighted by atomic mass is 19.4. The summed E-state index contributed by atoms with van der Waals surface area (Å²) in [7, 11) is 0. The number of amides is 2. The van der Waals surface area contributed by atoms with Gasteiger partial charge in [0.15, 0.2) is 5.69 Å². The normalized spacial score (nSPS) is 19.7. The lowest BCUT2D eigenvalue weighted by atomic mass is 9.81. The van der Waals surface area contributed by atoms with Crippen molar-refractivity contribution in [3.8, 4) is 11.5 Å². The summed E-state index contributed by atoms with van der Waals surface area (Å²) in [6.07, 6.45) is -1.92. The zero-order chi connectivity index (χ0) is 29.9. The molecule has 2 N–H and O–H groups in total. The van der Waals surface area contributed by atoms with Gasteiger partial charge in [-0.3, -0.25) is 14.4 Å². The van der Waals surface area contributed by atoms with E-state index in [-0.39, 0.29) is 23.6 Å². The van der Waals surface area contributed by atoms with E-state index in [1.54, 1.807) is 42.5 Å². The molecule has 3 aromatic rings. The van der Waals surface area contributed by atoms with Crippen molar-refractivity contribution in [2.24, 2.45) is 11.8 Å². The third kappa shape index (κ3) is 6.58. The summed E-state index contributed by atoms with van der Waals surface area (Å²) in [5.41, 5.74) is 0.617. The zero-order valence-electron chi connectivity index (χ0n) is 22.8. The SMILES string of the molecule is O=C(Nc1ccc(N2CCCN(C(=O)[C@H]3CC[C@H](C(=O)O)CC3)CC2)cc1)c1nc(-c2ccccc2)oc1C(F)(F)F. The van der Waals surface area contributed by atoms with Gasteiger partial charge in [0.05, 0.1) is 5.92 Å². The average Bonchev–Trinajstić information content (AvgIpc) is 3.31. The molecule has 2 amide bonds. The van der Waals surface area contributed by atoms with Crippen LogP contribution in [-0.4, -0.2) is 59.0 Å². The number of rotatable bonds is 6. The molecule has 9 nitrogen and oxygen atoms in total. The summed E-state index contributed by atoms with van der Waals surface area (Å²) < 4.78 is 45.9. The van der Waals surface area contributed by atoms with Gasteiger partial charge in [-0.2, -0.15) is 13.2 Å². The minimum atomic E-state index is -4.91. The van der Waals surface area contributed by atoms with E-state index >= 15 is 0 Å². The van der Waals surface area contributed by atoms with Gasteiger partial charge in [-0.05, 0) is 68.5 Å². The van der Waals surface area contributed by atoms with Gasteiger partial charge in [0, 0.05) is 49.0 Å². The summed E-state index contributed by atoms with van der Waals surface area (Å²) in [6.45, 7) is 2.45. The van der Waals surface area contributed by atoms with Crippen LogP contribution in [0.4, 0.5) is 24.5 Å². The molecule has 1 saturated heterocycles. The van der Waals surface area contributed by atoms with Crippen LogP contribution in [0.3, 0.4) is 0 Å². The standard InChI is InChI=1S/C30H31F3N4O5/c31-30(32,33)25-24(35-27(42-25)19-5-2-1-3-6-19)26(38)34-22-11-13-23(14-12-22)36-15-4-16-37(18-17-36)28(39)20-7-9-21(10-8-20)29(40)41/h1-3,5-6,11-14,20-21H,4,7-10,15-18H2,(H,34,38)(H,40,41)/t20-,21-. The Morgan fingerprint density at radius 1 is 0.881 bits per heavy atom. The third-order valence-electron chi connectivity index (χ3n) is 7.84. The second-order valence-electron chi connectivity index (χ2n) is 10.6. The number of carbonyl (C=O) groups excluding carboxylic acids is 2. The smallest absolute Gasteiger partial charge is 0.452 e. The number of anilines is 2. The maximum atomic E-state index is 13.6. The summed E-state index contributed by atoms with van der Waals surface area (Å²) >= 11 is 0. The van der Waals surface area contributed by atoms with E-state index in [1.165, 1.54) is 12.1 Å². The summed E-state index contributed by atoms with van der Waals surface area (Å²) in [5.74, 6) is -4.02. The molecular formula is C30H31F3N4O5. The molecule has 1 aliphatic heterocycles. The number of nitrogens with one attached hydrogen (secondary N) is 1. The molecule has 2 aliphatic rings. The molecule has 2 fully saturated rings. The van der Waals surface area contributed by atoms with Crippen LogP contribution in [0.15, 0.2) is 59.0 Å². The van der Waals surface area contributed by atoms with Crippen molar-refractivity contribution >= 4 is 29.2 Å². The van der Waals surface area contributed by atoms with Gasteiger partial charge in [0.1, 0.15) is 0 Å². The fourth-order valence-electron chi connectivity index (χ4n) is 5.56. The Hall–Kier alpha value is -4.35. The number of halogens is 3.